The summed E-state index contributed by atoms with van der Waals surface area (Å²) in [5, 5.41) is 14.1. The van der Waals surface area contributed by atoms with Gasteiger partial charge in [0.15, 0.2) is 5.84 Å². The molecule has 2 rings (SSSR count). The van der Waals surface area contributed by atoms with Crippen molar-refractivity contribution in [3.8, 4) is 5.75 Å². The molecule has 8 heteroatoms. The number of oxime groups is 1. The maximum atomic E-state index is 11.9. The smallest absolute Gasteiger partial charge is 0.365 e. The second kappa shape index (κ2) is 7.73. The van der Waals surface area contributed by atoms with Gasteiger partial charge < -0.3 is 15.3 Å². The first-order valence-electron chi connectivity index (χ1n) is 7.03. The molecule has 0 spiro atoms. The van der Waals surface area contributed by atoms with Gasteiger partial charge in [0, 0.05) is 17.7 Å². The van der Waals surface area contributed by atoms with E-state index >= 15 is 0 Å². The molecule has 0 aromatic heterocycles. The van der Waals surface area contributed by atoms with Crippen LogP contribution in [0.15, 0.2) is 53.7 Å². The number of rotatable bonds is 6. The number of carbonyl (C=O) groups is 1. The van der Waals surface area contributed by atoms with Crippen LogP contribution < -0.4 is 10.5 Å². The van der Waals surface area contributed by atoms with E-state index in [0.29, 0.717) is 23.5 Å². The lowest BCUT2D eigenvalue weighted by atomic mass is 10.2. The monoisotopic (exact) mass is 329 g/mol. The van der Waals surface area contributed by atoms with Crippen LogP contribution in [-0.2, 0) is 4.84 Å². The normalized spacial score (nSPS) is 11.0. The van der Waals surface area contributed by atoms with E-state index in [9.17, 15) is 14.9 Å². The van der Waals surface area contributed by atoms with Crippen molar-refractivity contribution in [1.82, 2.24) is 0 Å². The molecule has 2 aromatic rings. The number of non-ortho nitro benzene ring substituents is 1. The molecule has 0 saturated heterocycles. The minimum atomic E-state index is -0.678. The van der Waals surface area contributed by atoms with Crippen LogP contribution in [0, 0.1) is 10.1 Å². The molecule has 2 aromatic carbocycles. The SMILES string of the molecule is CCOc1ccc(C(=O)O/N=C(\N)c2ccc([N+](=O)[O-])cc2)cc1. The predicted molar refractivity (Wildman–Crippen MR) is 86.8 cm³/mol. The van der Waals surface area contributed by atoms with Gasteiger partial charge in [-0.05, 0) is 43.3 Å². The Hall–Kier alpha value is -3.42. The van der Waals surface area contributed by atoms with E-state index in [-0.39, 0.29) is 11.5 Å². The Balaban J connectivity index is 2.02. The van der Waals surface area contributed by atoms with Crippen molar-refractivity contribution < 1.29 is 19.3 Å². The topological polar surface area (TPSA) is 117 Å². The number of carbonyl (C=O) groups excluding carboxylic acids is 1. The molecule has 8 nitrogen and oxygen atoms in total. The zero-order chi connectivity index (χ0) is 17.5. The van der Waals surface area contributed by atoms with E-state index in [1.54, 1.807) is 24.3 Å². The molecular formula is C16H15N3O5. The summed E-state index contributed by atoms with van der Waals surface area (Å²) >= 11 is 0. The molecule has 0 saturated carbocycles. The third-order valence-corrected chi connectivity index (χ3v) is 3.00. The van der Waals surface area contributed by atoms with Crippen LogP contribution in [0.25, 0.3) is 0 Å². The standard InChI is InChI=1S/C16H15N3O5/c1-2-23-14-9-5-12(6-10-14)16(20)24-18-15(17)11-3-7-13(8-4-11)19(21)22/h3-10H,2H2,1H3,(H2,17,18). The average molecular weight is 329 g/mol. The molecule has 0 aliphatic rings. The van der Waals surface area contributed by atoms with Crippen LogP contribution in [0.5, 0.6) is 5.75 Å². The van der Waals surface area contributed by atoms with Crippen molar-refractivity contribution in [2.24, 2.45) is 10.9 Å². The molecule has 0 aliphatic heterocycles. The van der Waals surface area contributed by atoms with Crippen molar-refractivity contribution in [1.29, 1.82) is 0 Å². The highest BCUT2D eigenvalue weighted by Crippen LogP contribution is 2.14. The molecule has 124 valence electrons. The van der Waals surface area contributed by atoms with Gasteiger partial charge in [-0.3, -0.25) is 10.1 Å². The maximum Gasteiger partial charge on any atom is 0.365 e. The Morgan fingerprint density at radius 2 is 1.71 bits per heavy atom. The van der Waals surface area contributed by atoms with Crippen LogP contribution >= 0.6 is 0 Å². The summed E-state index contributed by atoms with van der Waals surface area (Å²) in [6, 6.07) is 11.8. The number of nitro benzene ring substituents is 1. The summed E-state index contributed by atoms with van der Waals surface area (Å²) in [5.41, 5.74) is 6.32. The molecular weight excluding hydrogens is 314 g/mol. The number of benzene rings is 2. The lowest BCUT2D eigenvalue weighted by Gasteiger charge is -2.04. The lowest BCUT2D eigenvalue weighted by molar-refractivity contribution is -0.384. The Morgan fingerprint density at radius 1 is 1.12 bits per heavy atom. The number of nitrogens with two attached hydrogens (primary N) is 1. The first-order valence-corrected chi connectivity index (χ1v) is 7.03. The van der Waals surface area contributed by atoms with Crippen LogP contribution in [0.2, 0.25) is 0 Å². The summed E-state index contributed by atoms with van der Waals surface area (Å²) in [6.45, 7) is 2.39. The van der Waals surface area contributed by atoms with Crippen LogP contribution in [0.3, 0.4) is 0 Å². The van der Waals surface area contributed by atoms with E-state index in [4.69, 9.17) is 15.3 Å². The summed E-state index contributed by atoms with van der Waals surface area (Å²) in [6.07, 6.45) is 0. The molecule has 0 heterocycles. The number of nitro groups is 1. The van der Waals surface area contributed by atoms with Gasteiger partial charge >= 0.3 is 5.97 Å². The maximum absolute atomic E-state index is 11.9. The van der Waals surface area contributed by atoms with Crippen LogP contribution in [0.1, 0.15) is 22.8 Å². The number of amidine groups is 1. The minimum Gasteiger partial charge on any atom is -0.494 e. The molecule has 0 bridgehead atoms. The summed E-state index contributed by atoms with van der Waals surface area (Å²) in [5.74, 6) is -0.102. The lowest BCUT2D eigenvalue weighted by Crippen LogP contribution is -2.15. The third-order valence-electron chi connectivity index (χ3n) is 3.00. The highest BCUT2D eigenvalue weighted by atomic mass is 16.7. The fourth-order valence-electron chi connectivity index (χ4n) is 1.80. The second-order valence-electron chi connectivity index (χ2n) is 4.62. The van der Waals surface area contributed by atoms with Crippen molar-refractivity contribution >= 4 is 17.5 Å². The number of nitrogens with zero attached hydrogens (tertiary/aromatic N) is 2. The second-order valence-corrected chi connectivity index (χ2v) is 4.62. The van der Waals surface area contributed by atoms with Crippen LogP contribution in [0.4, 0.5) is 5.69 Å². The van der Waals surface area contributed by atoms with E-state index in [1.807, 2.05) is 6.92 Å². The highest BCUT2D eigenvalue weighted by molar-refractivity contribution is 5.98. The molecule has 0 amide bonds. The van der Waals surface area contributed by atoms with Crippen molar-refractivity contribution in [3.05, 3.63) is 69.8 Å². The van der Waals surface area contributed by atoms with Gasteiger partial charge in [0.05, 0.1) is 17.1 Å². The molecule has 0 fully saturated rings. The Labute approximate surface area is 137 Å². The third kappa shape index (κ3) is 4.29. The summed E-state index contributed by atoms with van der Waals surface area (Å²) < 4.78 is 5.28. The van der Waals surface area contributed by atoms with E-state index in [2.05, 4.69) is 5.16 Å². The first kappa shape index (κ1) is 16.9. The van der Waals surface area contributed by atoms with Gasteiger partial charge in [-0.15, -0.1) is 0 Å². The fraction of sp³-hybridized carbons (Fsp3) is 0.125. The molecule has 0 aliphatic carbocycles. The fourth-order valence-corrected chi connectivity index (χ4v) is 1.80. The predicted octanol–water partition coefficient (Wildman–Crippen LogP) is 2.47. The minimum absolute atomic E-state index is 0.0656. The Morgan fingerprint density at radius 3 is 2.25 bits per heavy atom. The zero-order valence-electron chi connectivity index (χ0n) is 12.8. The van der Waals surface area contributed by atoms with Gasteiger partial charge in [0.1, 0.15) is 5.75 Å². The van der Waals surface area contributed by atoms with Gasteiger partial charge in [0.25, 0.3) is 5.69 Å². The largest absolute Gasteiger partial charge is 0.494 e. The average Bonchev–Trinajstić information content (AvgIpc) is 2.60. The zero-order valence-corrected chi connectivity index (χ0v) is 12.8. The van der Waals surface area contributed by atoms with Crippen LogP contribution in [-0.4, -0.2) is 23.3 Å². The number of hydrogen-bond donors (Lipinski definition) is 1. The van der Waals surface area contributed by atoms with Gasteiger partial charge in [-0.25, -0.2) is 4.79 Å². The van der Waals surface area contributed by atoms with Crippen molar-refractivity contribution in [3.63, 3.8) is 0 Å². The molecule has 0 radical (unpaired) electrons. The van der Waals surface area contributed by atoms with Gasteiger partial charge in [-0.1, -0.05) is 5.16 Å². The van der Waals surface area contributed by atoms with Gasteiger partial charge in [-0.2, -0.15) is 0 Å². The van der Waals surface area contributed by atoms with Crippen molar-refractivity contribution in [2.75, 3.05) is 6.61 Å². The quantitative estimate of drug-likeness (QED) is 0.286. The van der Waals surface area contributed by atoms with Gasteiger partial charge in [0.2, 0.25) is 0 Å². The molecule has 2 N–H and O–H groups in total. The summed E-state index contributed by atoms with van der Waals surface area (Å²) in [4.78, 5) is 26.7. The Bertz CT molecular complexity index is 754. The Kier molecular flexibility index (Phi) is 5.45. The van der Waals surface area contributed by atoms with E-state index in [1.165, 1.54) is 24.3 Å². The summed E-state index contributed by atoms with van der Waals surface area (Å²) in [7, 11) is 0. The first-order chi connectivity index (χ1) is 11.5. The highest BCUT2D eigenvalue weighted by Gasteiger charge is 2.09. The molecule has 0 unspecified atom stereocenters. The van der Waals surface area contributed by atoms with E-state index in [0.717, 1.165) is 0 Å². The van der Waals surface area contributed by atoms with E-state index < -0.39 is 10.9 Å². The molecule has 0 atom stereocenters. The number of ether oxygens (including phenoxy) is 1. The number of hydrogen-bond acceptors (Lipinski definition) is 6. The molecule has 24 heavy (non-hydrogen) atoms. The van der Waals surface area contributed by atoms with Crippen molar-refractivity contribution in [2.45, 2.75) is 6.92 Å².